The molecule has 0 spiro atoms. The van der Waals surface area contributed by atoms with Crippen molar-refractivity contribution in [2.45, 2.75) is 19.4 Å². The van der Waals surface area contributed by atoms with Crippen LogP contribution in [0.1, 0.15) is 24.1 Å². The highest BCUT2D eigenvalue weighted by molar-refractivity contribution is 6.30. The van der Waals surface area contributed by atoms with E-state index in [1.807, 2.05) is 6.07 Å². The van der Waals surface area contributed by atoms with Gasteiger partial charge in [0.2, 0.25) is 0 Å². The summed E-state index contributed by atoms with van der Waals surface area (Å²) in [6, 6.07) is 6.64. The zero-order valence-corrected chi connectivity index (χ0v) is 7.86. The van der Waals surface area contributed by atoms with Gasteiger partial charge in [-0.2, -0.15) is 0 Å². The van der Waals surface area contributed by atoms with Gasteiger partial charge in [0.15, 0.2) is 0 Å². The highest BCUT2D eigenvalue weighted by Crippen LogP contribution is 2.24. The summed E-state index contributed by atoms with van der Waals surface area (Å²) >= 11 is 5.90. The lowest BCUT2D eigenvalue weighted by Gasteiger charge is -2.23. The standard InChI is InChI=1S/C10H12ClN/c1-7-10-3-2-9(11)6-8(10)4-5-12-7/h2-3,6-7,12H,4-5H2,1H3/t7-/m0/s1. The second-order valence-corrected chi connectivity index (χ2v) is 3.71. The third-order valence-corrected chi connectivity index (χ3v) is 2.65. The molecule has 2 heteroatoms. The van der Waals surface area contributed by atoms with Crippen molar-refractivity contribution in [3.63, 3.8) is 0 Å². The number of fused-ring (bicyclic) bond motifs is 1. The highest BCUT2D eigenvalue weighted by Gasteiger charge is 2.14. The summed E-state index contributed by atoms with van der Waals surface area (Å²) < 4.78 is 0. The highest BCUT2D eigenvalue weighted by atomic mass is 35.5. The molecule has 1 aromatic carbocycles. The molecule has 64 valence electrons. The normalized spacial score (nSPS) is 22.0. The van der Waals surface area contributed by atoms with Gasteiger partial charge in [0, 0.05) is 11.1 Å². The van der Waals surface area contributed by atoms with E-state index < -0.39 is 0 Å². The SMILES string of the molecule is C[C@@H]1NCCc2cc(Cl)ccc21. The predicted octanol–water partition coefficient (Wildman–Crippen LogP) is 2.55. The maximum absolute atomic E-state index is 5.90. The number of hydrogen-bond acceptors (Lipinski definition) is 1. The average Bonchev–Trinajstić information content (AvgIpc) is 2.04. The molecule has 1 heterocycles. The first-order valence-electron chi connectivity index (χ1n) is 4.29. The second-order valence-electron chi connectivity index (χ2n) is 3.27. The van der Waals surface area contributed by atoms with Crippen LogP contribution in [0.2, 0.25) is 5.02 Å². The molecule has 0 saturated heterocycles. The monoisotopic (exact) mass is 181 g/mol. The molecule has 12 heavy (non-hydrogen) atoms. The van der Waals surface area contributed by atoms with Crippen LogP contribution in [-0.4, -0.2) is 6.54 Å². The zero-order chi connectivity index (χ0) is 8.55. The third-order valence-electron chi connectivity index (χ3n) is 2.42. The third kappa shape index (κ3) is 1.35. The smallest absolute Gasteiger partial charge is 0.0408 e. The van der Waals surface area contributed by atoms with Gasteiger partial charge in [-0.1, -0.05) is 17.7 Å². The number of nitrogens with one attached hydrogen (secondary N) is 1. The molecule has 1 aliphatic heterocycles. The molecule has 0 unspecified atom stereocenters. The Kier molecular flexibility index (Phi) is 2.07. The lowest BCUT2D eigenvalue weighted by atomic mass is 9.96. The number of halogens is 1. The Morgan fingerprint density at radius 2 is 2.33 bits per heavy atom. The van der Waals surface area contributed by atoms with Crippen LogP contribution in [0.4, 0.5) is 0 Å². The topological polar surface area (TPSA) is 12.0 Å². The fourth-order valence-electron chi connectivity index (χ4n) is 1.75. The van der Waals surface area contributed by atoms with Gasteiger partial charge < -0.3 is 5.32 Å². The molecule has 0 aliphatic carbocycles. The minimum Gasteiger partial charge on any atom is -0.310 e. The van der Waals surface area contributed by atoms with E-state index in [0.717, 1.165) is 18.0 Å². The minimum absolute atomic E-state index is 0.478. The van der Waals surface area contributed by atoms with E-state index in [0.29, 0.717) is 6.04 Å². The molecule has 1 nitrogen and oxygen atoms in total. The van der Waals surface area contributed by atoms with E-state index in [1.54, 1.807) is 0 Å². The number of hydrogen-bond donors (Lipinski definition) is 1. The maximum atomic E-state index is 5.90. The number of rotatable bonds is 0. The Labute approximate surface area is 77.7 Å². The average molecular weight is 182 g/mol. The Balaban J connectivity index is 2.46. The van der Waals surface area contributed by atoms with Gasteiger partial charge in [0.1, 0.15) is 0 Å². The van der Waals surface area contributed by atoms with E-state index in [2.05, 4.69) is 24.4 Å². The Bertz CT molecular complexity index is 296. The second kappa shape index (κ2) is 3.08. The van der Waals surface area contributed by atoms with Gasteiger partial charge in [-0.3, -0.25) is 0 Å². The molecule has 0 bridgehead atoms. The lowest BCUT2D eigenvalue weighted by Crippen LogP contribution is -2.27. The fraction of sp³-hybridized carbons (Fsp3) is 0.400. The van der Waals surface area contributed by atoms with E-state index in [4.69, 9.17) is 11.6 Å². The van der Waals surface area contributed by atoms with Crippen molar-refractivity contribution in [1.82, 2.24) is 5.32 Å². The molecule has 0 fully saturated rings. The van der Waals surface area contributed by atoms with Crippen LogP contribution in [0.5, 0.6) is 0 Å². The Hall–Kier alpha value is -0.530. The summed E-state index contributed by atoms with van der Waals surface area (Å²) in [7, 11) is 0. The van der Waals surface area contributed by atoms with Crippen molar-refractivity contribution in [3.05, 3.63) is 34.3 Å². The molecule has 1 aliphatic rings. The molecule has 0 saturated carbocycles. The van der Waals surface area contributed by atoms with Crippen molar-refractivity contribution in [1.29, 1.82) is 0 Å². The van der Waals surface area contributed by atoms with Gasteiger partial charge >= 0.3 is 0 Å². The van der Waals surface area contributed by atoms with Crippen LogP contribution in [0.25, 0.3) is 0 Å². The van der Waals surface area contributed by atoms with Crippen LogP contribution in [0, 0.1) is 0 Å². The van der Waals surface area contributed by atoms with Crippen LogP contribution in [0.3, 0.4) is 0 Å². The zero-order valence-electron chi connectivity index (χ0n) is 7.10. The van der Waals surface area contributed by atoms with Crippen molar-refractivity contribution in [2.75, 3.05) is 6.54 Å². The maximum Gasteiger partial charge on any atom is 0.0408 e. The van der Waals surface area contributed by atoms with Crippen molar-refractivity contribution >= 4 is 11.6 Å². The summed E-state index contributed by atoms with van der Waals surface area (Å²) in [5, 5.41) is 4.26. The first-order chi connectivity index (χ1) is 5.77. The number of benzene rings is 1. The molecule has 1 N–H and O–H groups in total. The van der Waals surface area contributed by atoms with Gasteiger partial charge in [-0.05, 0) is 43.1 Å². The molecular formula is C10H12ClN. The largest absolute Gasteiger partial charge is 0.310 e. The first-order valence-corrected chi connectivity index (χ1v) is 4.67. The Morgan fingerprint density at radius 3 is 3.17 bits per heavy atom. The summed E-state index contributed by atoms with van der Waals surface area (Å²) in [5.41, 5.74) is 2.79. The molecule has 1 aromatic rings. The van der Waals surface area contributed by atoms with Crippen LogP contribution in [0.15, 0.2) is 18.2 Å². The predicted molar refractivity (Wildman–Crippen MR) is 51.6 cm³/mol. The fourth-order valence-corrected chi connectivity index (χ4v) is 1.94. The summed E-state index contributed by atoms with van der Waals surface area (Å²) in [6.07, 6.45) is 1.10. The summed E-state index contributed by atoms with van der Waals surface area (Å²) in [4.78, 5) is 0. The molecular weight excluding hydrogens is 170 g/mol. The van der Waals surface area contributed by atoms with Gasteiger partial charge in [0.25, 0.3) is 0 Å². The van der Waals surface area contributed by atoms with Crippen LogP contribution in [-0.2, 0) is 6.42 Å². The van der Waals surface area contributed by atoms with E-state index in [9.17, 15) is 0 Å². The van der Waals surface area contributed by atoms with Gasteiger partial charge in [-0.15, -0.1) is 0 Å². The Morgan fingerprint density at radius 1 is 1.50 bits per heavy atom. The molecule has 0 radical (unpaired) electrons. The van der Waals surface area contributed by atoms with Crippen molar-refractivity contribution in [2.24, 2.45) is 0 Å². The lowest BCUT2D eigenvalue weighted by molar-refractivity contribution is 0.541. The summed E-state index contributed by atoms with van der Waals surface area (Å²) in [5.74, 6) is 0. The van der Waals surface area contributed by atoms with E-state index >= 15 is 0 Å². The molecule has 0 amide bonds. The van der Waals surface area contributed by atoms with Crippen LogP contribution < -0.4 is 5.32 Å². The van der Waals surface area contributed by atoms with E-state index in [-0.39, 0.29) is 0 Å². The minimum atomic E-state index is 0.478. The van der Waals surface area contributed by atoms with Crippen molar-refractivity contribution in [3.8, 4) is 0 Å². The van der Waals surface area contributed by atoms with Gasteiger partial charge in [0.05, 0.1) is 0 Å². The molecule has 1 atom stereocenters. The summed E-state index contributed by atoms with van der Waals surface area (Å²) in [6.45, 7) is 3.25. The molecule has 0 aromatic heterocycles. The molecule has 2 rings (SSSR count). The van der Waals surface area contributed by atoms with Crippen LogP contribution >= 0.6 is 11.6 Å². The van der Waals surface area contributed by atoms with E-state index in [1.165, 1.54) is 11.1 Å². The quantitative estimate of drug-likeness (QED) is 0.649. The van der Waals surface area contributed by atoms with Gasteiger partial charge in [-0.25, -0.2) is 0 Å². The van der Waals surface area contributed by atoms with Crippen molar-refractivity contribution < 1.29 is 0 Å². The first kappa shape index (κ1) is 8.09.